The number of halogens is 1. The Morgan fingerprint density at radius 3 is 2.59 bits per heavy atom. The minimum absolute atomic E-state index is 0.0959. The average Bonchev–Trinajstić information content (AvgIpc) is 2.51. The lowest BCUT2D eigenvalue weighted by Gasteiger charge is -2.36. The zero-order chi connectivity index (χ0) is 15.9. The third kappa shape index (κ3) is 5.20. The van der Waals surface area contributed by atoms with Gasteiger partial charge >= 0.3 is 0 Å². The van der Waals surface area contributed by atoms with Gasteiger partial charge in [0.05, 0.1) is 6.54 Å². The Hall–Kier alpha value is -1.79. The van der Waals surface area contributed by atoms with Crippen molar-refractivity contribution in [3.05, 3.63) is 29.3 Å². The number of benzene rings is 1. The van der Waals surface area contributed by atoms with Crippen LogP contribution in [0.15, 0.2) is 24.3 Å². The smallest absolute Gasteiger partial charge is 0.236 e. The molecule has 2 rings (SSSR count). The Balaban J connectivity index is 1.71. The van der Waals surface area contributed by atoms with E-state index < -0.39 is 5.91 Å². The lowest BCUT2D eigenvalue weighted by molar-refractivity contribution is -0.125. The minimum Gasteiger partial charge on any atom is -0.369 e. The number of nitrogens with two attached hydrogens (primary N) is 1. The van der Waals surface area contributed by atoms with Crippen LogP contribution in [0.5, 0.6) is 0 Å². The molecule has 1 aromatic rings. The van der Waals surface area contributed by atoms with E-state index in [1.54, 1.807) is 0 Å². The first-order valence-electron chi connectivity index (χ1n) is 7.32. The maximum atomic E-state index is 11.5. The molecule has 1 fully saturated rings. The van der Waals surface area contributed by atoms with E-state index in [1.165, 1.54) is 0 Å². The summed E-state index contributed by atoms with van der Waals surface area (Å²) in [5.74, 6) is -0.667. The van der Waals surface area contributed by atoms with Gasteiger partial charge in [-0.15, -0.1) is 0 Å². The van der Waals surface area contributed by atoms with Crippen LogP contribution in [0, 0.1) is 0 Å². The minimum atomic E-state index is -0.525. The zero-order valence-corrected chi connectivity index (χ0v) is 13.2. The molecular formula is C15H21ClN4O2. The van der Waals surface area contributed by atoms with Gasteiger partial charge in [-0.05, 0) is 18.2 Å². The highest BCUT2D eigenvalue weighted by Gasteiger charge is 2.17. The first kappa shape index (κ1) is 16.6. The summed E-state index contributed by atoms with van der Waals surface area (Å²) in [4.78, 5) is 26.7. The first-order chi connectivity index (χ1) is 10.5. The summed E-state index contributed by atoms with van der Waals surface area (Å²) in [5.41, 5.74) is 6.11. The van der Waals surface area contributed by atoms with Crippen molar-refractivity contribution in [2.75, 3.05) is 44.2 Å². The Morgan fingerprint density at radius 2 is 1.95 bits per heavy atom. The number of primary amides is 1. The molecule has 0 saturated carbocycles. The van der Waals surface area contributed by atoms with Gasteiger partial charge in [0, 0.05) is 49.9 Å². The van der Waals surface area contributed by atoms with E-state index >= 15 is 0 Å². The number of amides is 2. The summed E-state index contributed by atoms with van der Waals surface area (Å²) >= 11 is 6.01. The van der Waals surface area contributed by atoms with Crippen molar-refractivity contribution in [3.8, 4) is 0 Å². The summed E-state index contributed by atoms with van der Waals surface area (Å²) in [7, 11) is 0. The predicted octanol–water partition coefficient (Wildman–Crippen LogP) is 0.454. The molecule has 120 valence electrons. The molecule has 0 bridgehead atoms. The highest BCUT2D eigenvalue weighted by Crippen LogP contribution is 2.20. The summed E-state index contributed by atoms with van der Waals surface area (Å²) in [6.07, 6.45) is 0.379. The number of carbonyl (C=O) groups excluding carboxylic acids is 2. The van der Waals surface area contributed by atoms with Crippen molar-refractivity contribution >= 4 is 29.1 Å². The molecule has 0 radical (unpaired) electrons. The fourth-order valence-corrected chi connectivity index (χ4v) is 2.62. The van der Waals surface area contributed by atoms with E-state index in [-0.39, 0.29) is 12.5 Å². The van der Waals surface area contributed by atoms with Gasteiger partial charge in [-0.25, -0.2) is 0 Å². The van der Waals surface area contributed by atoms with Crippen molar-refractivity contribution in [1.29, 1.82) is 0 Å². The average molecular weight is 325 g/mol. The van der Waals surface area contributed by atoms with Crippen LogP contribution in [-0.2, 0) is 9.59 Å². The molecular weight excluding hydrogens is 304 g/mol. The van der Waals surface area contributed by atoms with Crippen molar-refractivity contribution in [2.24, 2.45) is 5.73 Å². The molecule has 0 aromatic heterocycles. The molecule has 22 heavy (non-hydrogen) atoms. The molecule has 1 aliphatic rings. The second-order valence-corrected chi connectivity index (χ2v) is 5.74. The highest BCUT2D eigenvalue weighted by atomic mass is 35.5. The molecule has 0 spiro atoms. The van der Waals surface area contributed by atoms with Gasteiger partial charge in [0.15, 0.2) is 0 Å². The first-order valence-corrected chi connectivity index (χ1v) is 7.70. The van der Waals surface area contributed by atoms with Crippen LogP contribution in [0.4, 0.5) is 5.69 Å². The Morgan fingerprint density at radius 1 is 1.23 bits per heavy atom. The Labute approximate surface area is 135 Å². The van der Waals surface area contributed by atoms with E-state index in [0.29, 0.717) is 13.0 Å². The molecule has 0 unspecified atom stereocenters. The van der Waals surface area contributed by atoms with Gasteiger partial charge in [-0.2, -0.15) is 0 Å². The highest BCUT2D eigenvalue weighted by molar-refractivity contribution is 6.30. The standard InChI is InChI=1S/C15H21ClN4O2/c16-12-2-1-3-13(10-12)20-8-6-19(7-9-20)5-4-15(22)18-11-14(17)21/h1-3,10H,4-9,11H2,(H2,17,21)(H,18,22). The molecule has 7 heteroatoms. The number of nitrogens with one attached hydrogen (secondary N) is 1. The molecule has 6 nitrogen and oxygen atoms in total. The van der Waals surface area contributed by atoms with Gasteiger partial charge in [0.2, 0.25) is 11.8 Å². The number of carbonyl (C=O) groups is 2. The molecule has 2 amide bonds. The van der Waals surface area contributed by atoms with E-state index in [9.17, 15) is 9.59 Å². The van der Waals surface area contributed by atoms with Crippen LogP contribution in [-0.4, -0.2) is 56.0 Å². The number of hydrogen-bond donors (Lipinski definition) is 2. The van der Waals surface area contributed by atoms with Crippen molar-refractivity contribution < 1.29 is 9.59 Å². The number of piperazine rings is 1. The Bertz CT molecular complexity index is 530. The van der Waals surface area contributed by atoms with Crippen LogP contribution in [0.1, 0.15) is 6.42 Å². The molecule has 0 aliphatic carbocycles. The fourth-order valence-electron chi connectivity index (χ4n) is 2.44. The lowest BCUT2D eigenvalue weighted by atomic mass is 10.2. The van der Waals surface area contributed by atoms with Crippen LogP contribution in [0.3, 0.4) is 0 Å². The van der Waals surface area contributed by atoms with Crippen LogP contribution in [0.2, 0.25) is 5.02 Å². The van der Waals surface area contributed by atoms with E-state index in [1.807, 2.05) is 18.2 Å². The summed E-state index contributed by atoms with van der Waals surface area (Å²) in [6, 6.07) is 7.84. The number of anilines is 1. The van der Waals surface area contributed by atoms with Crippen LogP contribution in [0.25, 0.3) is 0 Å². The lowest BCUT2D eigenvalue weighted by Crippen LogP contribution is -2.47. The number of rotatable bonds is 6. The molecule has 0 atom stereocenters. The number of nitrogens with zero attached hydrogens (tertiary/aromatic N) is 2. The van der Waals surface area contributed by atoms with Gasteiger partial charge in [0.1, 0.15) is 0 Å². The van der Waals surface area contributed by atoms with Crippen molar-refractivity contribution in [2.45, 2.75) is 6.42 Å². The molecule has 1 aromatic carbocycles. The molecule has 1 aliphatic heterocycles. The van der Waals surface area contributed by atoms with Crippen LogP contribution >= 0.6 is 11.6 Å². The third-order valence-corrected chi connectivity index (χ3v) is 3.90. The van der Waals surface area contributed by atoms with Crippen molar-refractivity contribution in [1.82, 2.24) is 10.2 Å². The molecule has 1 saturated heterocycles. The van der Waals surface area contributed by atoms with E-state index in [4.69, 9.17) is 17.3 Å². The normalized spacial score (nSPS) is 15.6. The molecule has 3 N–H and O–H groups in total. The summed E-state index contributed by atoms with van der Waals surface area (Å²) < 4.78 is 0. The second-order valence-electron chi connectivity index (χ2n) is 5.30. The monoisotopic (exact) mass is 324 g/mol. The third-order valence-electron chi connectivity index (χ3n) is 3.66. The quantitative estimate of drug-likeness (QED) is 0.796. The summed E-state index contributed by atoms with van der Waals surface area (Å²) in [5, 5.41) is 3.24. The van der Waals surface area contributed by atoms with Gasteiger partial charge < -0.3 is 16.0 Å². The van der Waals surface area contributed by atoms with Gasteiger partial charge in [-0.3, -0.25) is 14.5 Å². The number of hydrogen-bond acceptors (Lipinski definition) is 4. The van der Waals surface area contributed by atoms with Gasteiger partial charge in [-0.1, -0.05) is 17.7 Å². The SMILES string of the molecule is NC(=O)CNC(=O)CCN1CCN(c2cccc(Cl)c2)CC1. The van der Waals surface area contributed by atoms with E-state index in [2.05, 4.69) is 21.2 Å². The van der Waals surface area contributed by atoms with Crippen LogP contribution < -0.4 is 16.0 Å². The zero-order valence-electron chi connectivity index (χ0n) is 12.4. The largest absolute Gasteiger partial charge is 0.369 e. The molecule has 1 heterocycles. The Kier molecular flexibility index (Phi) is 6.03. The topological polar surface area (TPSA) is 78.7 Å². The summed E-state index contributed by atoms with van der Waals surface area (Å²) in [6.45, 7) is 4.20. The van der Waals surface area contributed by atoms with E-state index in [0.717, 1.165) is 36.9 Å². The second kappa shape index (κ2) is 8.00. The predicted molar refractivity (Wildman–Crippen MR) is 86.9 cm³/mol. The fraction of sp³-hybridized carbons (Fsp3) is 0.467. The maximum absolute atomic E-state index is 11.5. The van der Waals surface area contributed by atoms with Gasteiger partial charge in [0.25, 0.3) is 0 Å². The maximum Gasteiger partial charge on any atom is 0.236 e. The van der Waals surface area contributed by atoms with Crippen molar-refractivity contribution in [3.63, 3.8) is 0 Å².